The number of nitrogens with zero attached hydrogens (tertiary/aromatic N) is 1. The smallest absolute Gasteiger partial charge is 0.0911 e. The highest BCUT2D eigenvalue weighted by molar-refractivity contribution is 5.16. The Kier molecular flexibility index (Phi) is 2.34. The molecule has 0 bridgehead atoms. The monoisotopic (exact) mass is 149 g/mol. The standard InChI is InChI=1S/C10H15N/c1-10(2)6-3-4-9(8-10)5-7-11/h5H,3-4,6,8H2,1-2H3/b9-5-. The lowest BCUT2D eigenvalue weighted by Crippen LogP contribution is -2.16. The third kappa shape index (κ3) is 2.38. The Morgan fingerprint density at radius 1 is 1.55 bits per heavy atom. The van der Waals surface area contributed by atoms with E-state index in [2.05, 4.69) is 19.9 Å². The average molecular weight is 149 g/mol. The number of nitriles is 1. The fraction of sp³-hybridized carbons (Fsp3) is 0.700. The summed E-state index contributed by atoms with van der Waals surface area (Å²) in [6, 6.07) is 2.11. The Hall–Kier alpha value is -0.770. The van der Waals surface area contributed by atoms with Gasteiger partial charge in [-0.3, -0.25) is 0 Å². The van der Waals surface area contributed by atoms with E-state index >= 15 is 0 Å². The molecule has 0 spiro atoms. The van der Waals surface area contributed by atoms with Crippen molar-refractivity contribution in [2.24, 2.45) is 5.41 Å². The van der Waals surface area contributed by atoms with E-state index in [4.69, 9.17) is 5.26 Å². The molecule has 11 heavy (non-hydrogen) atoms. The zero-order chi connectivity index (χ0) is 8.32. The van der Waals surface area contributed by atoms with Crippen LogP contribution in [0.3, 0.4) is 0 Å². The minimum absolute atomic E-state index is 0.431. The van der Waals surface area contributed by atoms with Crippen molar-refractivity contribution in [2.45, 2.75) is 39.5 Å². The molecule has 0 aromatic rings. The van der Waals surface area contributed by atoms with Crippen molar-refractivity contribution in [1.29, 1.82) is 5.26 Å². The Bertz CT molecular complexity index is 205. The first-order chi connectivity index (χ1) is 5.14. The van der Waals surface area contributed by atoms with E-state index in [1.54, 1.807) is 6.08 Å². The van der Waals surface area contributed by atoms with Crippen LogP contribution in [0.25, 0.3) is 0 Å². The van der Waals surface area contributed by atoms with Crippen LogP contribution in [0, 0.1) is 16.7 Å². The van der Waals surface area contributed by atoms with E-state index in [-0.39, 0.29) is 0 Å². The van der Waals surface area contributed by atoms with Gasteiger partial charge >= 0.3 is 0 Å². The second-order valence-corrected chi connectivity index (χ2v) is 4.13. The van der Waals surface area contributed by atoms with Crippen LogP contribution in [-0.4, -0.2) is 0 Å². The third-order valence-electron chi connectivity index (χ3n) is 2.33. The van der Waals surface area contributed by atoms with Crippen LogP contribution in [0.15, 0.2) is 11.6 Å². The second-order valence-electron chi connectivity index (χ2n) is 4.13. The van der Waals surface area contributed by atoms with E-state index in [1.165, 1.54) is 18.4 Å². The number of rotatable bonds is 0. The van der Waals surface area contributed by atoms with Crippen LogP contribution in [0.2, 0.25) is 0 Å². The Morgan fingerprint density at radius 2 is 2.27 bits per heavy atom. The van der Waals surface area contributed by atoms with Crippen molar-refractivity contribution in [2.75, 3.05) is 0 Å². The first-order valence-corrected chi connectivity index (χ1v) is 4.22. The molecule has 60 valence electrons. The number of hydrogen-bond acceptors (Lipinski definition) is 1. The molecule has 0 aliphatic heterocycles. The molecule has 0 radical (unpaired) electrons. The van der Waals surface area contributed by atoms with Gasteiger partial charge in [-0.1, -0.05) is 19.4 Å². The highest BCUT2D eigenvalue weighted by Gasteiger charge is 2.23. The average Bonchev–Trinajstić information content (AvgIpc) is 1.85. The maximum Gasteiger partial charge on any atom is 0.0911 e. The molecule has 1 nitrogen and oxygen atoms in total. The molecule has 1 heteroatoms. The second kappa shape index (κ2) is 3.09. The lowest BCUT2D eigenvalue weighted by molar-refractivity contribution is 0.289. The SMILES string of the molecule is CC1(C)CCC/C(=C/C#N)C1. The Balaban J connectivity index is 2.62. The predicted octanol–water partition coefficient (Wildman–Crippen LogP) is 3.04. The molecule has 1 aliphatic rings. The molecule has 1 aliphatic carbocycles. The quantitative estimate of drug-likeness (QED) is 0.486. The third-order valence-corrected chi connectivity index (χ3v) is 2.33. The van der Waals surface area contributed by atoms with Gasteiger partial charge in [0, 0.05) is 6.08 Å². The molecule has 0 saturated heterocycles. The van der Waals surface area contributed by atoms with Gasteiger partial charge in [-0.15, -0.1) is 0 Å². The summed E-state index contributed by atoms with van der Waals surface area (Å²) in [4.78, 5) is 0. The summed E-state index contributed by atoms with van der Waals surface area (Å²) in [5.41, 5.74) is 1.77. The van der Waals surface area contributed by atoms with Crippen molar-refractivity contribution in [3.63, 3.8) is 0 Å². The molecular weight excluding hydrogens is 134 g/mol. The zero-order valence-electron chi connectivity index (χ0n) is 7.35. The summed E-state index contributed by atoms with van der Waals surface area (Å²) >= 11 is 0. The van der Waals surface area contributed by atoms with Crippen LogP contribution >= 0.6 is 0 Å². The predicted molar refractivity (Wildman–Crippen MR) is 45.9 cm³/mol. The molecule has 0 N–H and O–H groups in total. The van der Waals surface area contributed by atoms with Crippen LogP contribution in [0.1, 0.15) is 39.5 Å². The molecule has 0 aromatic heterocycles. The molecular formula is C10H15N. The largest absolute Gasteiger partial charge is 0.193 e. The molecule has 0 atom stereocenters. The van der Waals surface area contributed by atoms with Gasteiger partial charge < -0.3 is 0 Å². The molecule has 1 saturated carbocycles. The van der Waals surface area contributed by atoms with Gasteiger partial charge in [-0.25, -0.2) is 0 Å². The summed E-state index contributed by atoms with van der Waals surface area (Å²) in [5, 5.41) is 8.46. The van der Waals surface area contributed by atoms with Crippen molar-refractivity contribution in [3.05, 3.63) is 11.6 Å². The van der Waals surface area contributed by atoms with Gasteiger partial charge in [0.05, 0.1) is 6.07 Å². The van der Waals surface area contributed by atoms with E-state index in [0.29, 0.717) is 5.41 Å². The first kappa shape index (κ1) is 8.33. The maximum absolute atomic E-state index is 8.46. The Labute approximate surface area is 68.7 Å². The van der Waals surface area contributed by atoms with Gasteiger partial charge in [0.25, 0.3) is 0 Å². The topological polar surface area (TPSA) is 23.8 Å². The normalized spacial score (nSPS) is 26.5. The molecule has 1 rings (SSSR count). The van der Waals surface area contributed by atoms with Crippen LogP contribution < -0.4 is 0 Å². The minimum atomic E-state index is 0.431. The molecule has 1 fully saturated rings. The summed E-state index contributed by atoms with van der Waals surface area (Å²) < 4.78 is 0. The van der Waals surface area contributed by atoms with Crippen LogP contribution in [-0.2, 0) is 0 Å². The highest BCUT2D eigenvalue weighted by atomic mass is 14.3. The minimum Gasteiger partial charge on any atom is -0.193 e. The molecule has 0 heterocycles. The lowest BCUT2D eigenvalue weighted by atomic mass is 9.75. The fourth-order valence-corrected chi connectivity index (χ4v) is 1.80. The summed E-state index contributed by atoms with van der Waals surface area (Å²) in [6.07, 6.45) is 6.52. The van der Waals surface area contributed by atoms with Crippen molar-refractivity contribution >= 4 is 0 Å². The van der Waals surface area contributed by atoms with E-state index in [1.807, 2.05) is 0 Å². The highest BCUT2D eigenvalue weighted by Crippen LogP contribution is 2.37. The van der Waals surface area contributed by atoms with Gasteiger partial charge in [-0.2, -0.15) is 5.26 Å². The van der Waals surface area contributed by atoms with Crippen LogP contribution in [0.4, 0.5) is 0 Å². The summed E-state index contributed by atoms with van der Waals surface area (Å²) in [7, 11) is 0. The van der Waals surface area contributed by atoms with E-state index in [0.717, 1.165) is 12.8 Å². The van der Waals surface area contributed by atoms with Crippen molar-refractivity contribution < 1.29 is 0 Å². The van der Waals surface area contributed by atoms with Gasteiger partial charge in [-0.05, 0) is 31.1 Å². The number of hydrogen-bond donors (Lipinski definition) is 0. The van der Waals surface area contributed by atoms with Gasteiger partial charge in [0.2, 0.25) is 0 Å². The van der Waals surface area contributed by atoms with E-state index in [9.17, 15) is 0 Å². The van der Waals surface area contributed by atoms with Gasteiger partial charge in [0.1, 0.15) is 0 Å². The fourth-order valence-electron chi connectivity index (χ4n) is 1.80. The molecule has 0 aromatic carbocycles. The van der Waals surface area contributed by atoms with Crippen LogP contribution in [0.5, 0.6) is 0 Å². The van der Waals surface area contributed by atoms with Gasteiger partial charge in [0.15, 0.2) is 0 Å². The summed E-state index contributed by atoms with van der Waals surface area (Å²) in [5.74, 6) is 0. The Morgan fingerprint density at radius 3 is 2.82 bits per heavy atom. The number of allylic oxidation sites excluding steroid dienone is 2. The lowest BCUT2D eigenvalue weighted by Gasteiger charge is -2.30. The van der Waals surface area contributed by atoms with E-state index < -0.39 is 0 Å². The molecule has 0 amide bonds. The first-order valence-electron chi connectivity index (χ1n) is 4.22. The van der Waals surface area contributed by atoms with Crippen molar-refractivity contribution in [1.82, 2.24) is 0 Å². The maximum atomic E-state index is 8.46. The van der Waals surface area contributed by atoms with Crippen molar-refractivity contribution in [3.8, 4) is 6.07 Å². The molecule has 0 unspecified atom stereocenters. The summed E-state index contributed by atoms with van der Waals surface area (Å²) in [6.45, 7) is 4.55. The zero-order valence-corrected chi connectivity index (χ0v) is 7.35.